The van der Waals surface area contributed by atoms with Crippen LogP contribution in [0.15, 0.2) is 25.0 Å². The van der Waals surface area contributed by atoms with Gasteiger partial charge in [-0.05, 0) is 17.9 Å². The molecule has 10 heavy (non-hydrogen) atoms. The van der Waals surface area contributed by atoms with Crippen molar-refractivity contribution in [3.63, 3.8) is 0 Å². The quantitative estimate of drug-likeness (QED) is 0.629. The third-order valence-electron chi connectivity index (χ3n) is 1.20. The first kappa shape index (κ1) is 7.17. The van der Waals surface area contributed by atoms with E-state index in [9.17, 15) is 0 Å². The highest BCUT2D eigenvalue weighted by atomic mass is 31.0. The minimum absolute atomic E-state index is 0.930. The van der Waals surface area contributed by atoms with E-state index in [4.69, 9.17) is 0 Å². The van der Waals surface area contributed by atoms with Crippen LogP contribution in [0.3, 0.4) is 0 Å². The zero-order valence-corrected chi connectivity index (χ0v) is 6.51. The molecule has 1 nitrogen and oxygen atoms in total. The Morgan fingerprint density at radius 2 is 2.20 bits per heavy atom. The van der Waals surface area contributed by atoms with Crippen LogP contribution in [0.5, 0.6) is 0 Å². The maximum absolute atomic E-state index is 4.18. The molecular formula is C8H8NP. The maximum Gasteiger partial charge on any atom is 0.0745 e. The van der Waals surface area contributed by atoms with Gasteiger partial charge in [0.05, 0.1) is 5.69 Å². The first-order valence-corrected chi connectivity index (χ1v) is 3.86. The van der Waals surface area contributed by atoms with E-state index >= 15 is 0 Å². The van der Waals surface area contributed by atoms with Crippen LogP contribution in [-0.2, 0) is 0 Å². The Hall–Kier alpha value is -0.940. The number of aromatic nitrogens is 1. The molecule has 0 saturated carbocycles. The molecule has 0 fully saturated rings. The van der Waals surface area contributed by atoms with E-state index in [2.05, 4.69) is 17.9 Å². The average Bonchev–Trinajstić information content (AvgIpc) is 2.04. The molecule has 0 saturated heterocycles. The molecule has 2 heteroatoms. The van der Waals surface area contributed by atoms with E-state index < -0.39 is 0 Å². The van der Waals surface area contributed by atoms with Gasteiger partial charge in [-0.15, -0.1) is 0 Å². The summed E-state index contributed by atoms with van der Waals surface area (Å²) in [5.41, 5.74) is 1.98. The largest absolute Gasteiger partial charge is 0.227 e. The molecule has 0 atom stereocenters. The summed E-state index contributed by atoms with van der Waals surface area (Å²) in [4.78, 5) is 0. The Bertz CT molecular complexity index is 228. The van der Waals surface area contributed by atoms with Crippen molar-refractivity contribution in [3.8, 4) is 0 Å². The van der Waals surface area contributed by atoms with Crippen molar-refractivity contribution in [2.24, 2.45) is 0 Å². The first-order valence-electron chi connectivity index (χ1n) is 2.95. The highest BCUT2D eigenvalue weighted by Gasteiger charge is 1.91. The SMILES string of the molecule is C=Cc1ccpnc1C=C. The summed E-state index contributed by atoms with van der Waals surface area (Å²) in [6.07, 6.45) is 3.53. The van der Waals surface area contributed by atoms with Gasteiger partial charge in [0.2, 0.25) is 0 Å². The Balaban J connectivity index is 3.20. The molecule has 0 bridgehead atoms. The summed E-state index contributed by atoms with van der Waals surface area (Å²) in [5, 5.41) is 0. The van der Waals surface area contributed by atoms with E-state index in [1.165, 1.54) is 0 Å². The predicted molar refractivity (Wildman–Crippen MR) is 46.9 cm³/mol. The van der Waals surface area contributed by atoms with Crippen molar-refractivity contribution in [1.82, 2.24) is 4.75 Å². The topological polar surface area (TPSA) is 12.9 Å². The lowest BCUT2D eigenvalue weighted by atomic mass is 10.2. The predicted octanol–water partition coefficient (Wildman–Crippen LogP) is 2.95. The second kappa shape index (κ2) is 3.28. The molecule has 0 unspecified atom stereocenters. The van der Waals surface area contributed by atoms with Crippen LogP contribution in [0.2, 0.25) is 0 Å². The van der Waals surface area contributed by atoms with Crippen molar-refractivity contribution >= 4 is 20.5 Å². The van der Waals surface area contributed by atoms with Crippen molar-refractivity contribution in [1.29, 1.82) is 0 Å². The molecule has 0 aromatic carbocycles. The fourth-order valence-corrected chi connectivity index (χ4v) is 1.30. The van der Waals surface area contributed by atoms with Gasteiger partial charge in [0.15, 0.2) is 0 Å². The molecule has 0 N–H and O–H groups in total. The van der Waals surface area contributed by atoms with Gasteiger partial charge in [0.1, 0.15) is 0 Å². The molecule has 0 radical (unpaired) electrons. The molecule has 0 aliphatic carbocycles. The van der Waals surface area contributed by atoms with Gasteiger partial charge in [0, 0.05) is 13.9 Å². The summed E-state index contributed by atoms with van der Waals surface area (Å²) < 4.78 is 4.18. The number of hydrogen-bond acceptors (Lipinski definition) is 1. The molecule has 0 amide bonds. The van der Waals surface area contributed by atoms with Crippen molar-refractivity contribution in [2.75, 3.05) is 0 Å². The van der Waals surface area contributed by atoms with Gasteiger partial charge in [-0.3, -0.25) is 0 Å². The van der Waals surface area contributed by atoms with Gasteiger partial charge >= 0.3 is 0 Å². The van der Waals surface area contributed by atoms with Crippen molar-refractivity contribution in [2.45, 2.75) is 0 Å². The van der Waals surface area contributed by atoms with E-state index in [-0.39, 0.29) is 0 Å². The number of rotatable bonds is 2. The smallest absolute Gasteiger partial charge is 0.0745 e. The Kier molecular flexibility index (Phi) is 2.35. The molecule has 1 rings (SSSR count). The Morgan fingerprint density at radius 3 is 2.70 bits per heavy atom. The molecule has 0 aliphatic rings. The van der Waals surface area contributed by atoms with Gasteiger partial charge in [0.25, 0.3) is 0 Å². The third-order valence-corrected chi connectivity index (χ3v) is 1.81. The van der Waals surface area contributed by atoms with E-state index in [0.29, 0.717) is 0 Å². The average molecular weight is 149 g/mol. The normalized spacial score (nSPS) is 9.60. The number of nitrogens with zero attached hydrogens (tertiary/aromatic N) is 1. The third kappa shape index (κ3) is 1.31. The fraction of sp³-hybridized carbons (Fsp3) is 0. The summed E-state index contributed by atoms with van der Waals surface area (Å²) >= 11 is 0. The summed E-state index contributed by atoms with van der Waals surface area (Å²) in [6, 6.07) is 2.00. The molecule has 1 aromatic rings. The molecule has 0 spiro atoms. The van der Waals surface area contributed by atoms with Crippen LogP contribution in [-0.4, -0.2) is 4.75 Å². The number of hydrogen-bond donors (Lipinski definition) is 0. The van der Waals surface area contributed by atoms with Crippen molar-refractivity contribution < 1.29 is 0 Å². The minimum atomic E-state index is 0.930. The summed E-state index contributed by atoms with van der Waals surface area (Å²) in [6.45, 7) is 7.31. The highest BCUT2D eigenvalue weighted by Crippen LogP contribution is 2.11. The van der Waals surface area contributed by atoms with Crippen LogP contribution in [0.1, 0.15) is 11.3 Å². The second-order valence-electron chi connectivity index (χ2n) is 1.78. The van der Waals surface area contributed by atoms with Gasteiger partial charge in [-0.1, -0.05) is 19.2 Å². The van der Waals surface area contributed by atoms with E-state index in [0.717, 1.165) is 19.6 Å². The molecular weight excluding hydrogens is 141 g/mol. The van der Waals surface area contributed by atoms with E-state index in [1.807, 2.05) is 11.9 Å². The second-order valence-corrected chi connectivity index (χ2v) is 2.51. The van der Waals surface area contributed by atoms with Crippen LogP contribution < -0.4 is 0 Å². The lowest BCUT2D eigenvalue weighted by molar-refractivity contribution is 1.45. The van der Waals surface area contributed by atoms with Gasteiger partial charge in [-0.25, -0.2) is 4.75 Å². The Labute approximate surface area is 62.3 Å². The fourth-order valence-electron chi connectivity index (χ4n) is 0.684. The molecule has 0 aliphatic heterocycles. The zero-order chi connectivity index (χ0) is 7.40. The minimum Gasteiger partial charge on any atom is -0.227 e. The zero-order valence-electron chi connectivity index (χ0n) is 5.62. The van der Waals surface area contributed by atoms with Gasteiger partial charge < -0.3 is 0 Å². The van der Waals surface area contributed by atoms with Crippen LogP contribution >= 0.6 is 8.35 Å². The standard InChI is InChI=1S/C8H8NP/c1-3-7-5-6-10-9-8(7)4-2/h3-6H,1-2H2. The maximum atomic E-state index is 4.18. The monoisotopic (exact) mass is 149 g/mol. The molecule has 1 heterocycles. The van der Waals surface area contributed by atoms with Crippen LogP contribution in [0, 0.1) is 0 Å². The summed E-state index contributed by atoms with van der Waals surface area (Å²) in [7, 11) is 0.980. The Morgan fingerprint density at radius 1 is 1.40 bits per heavy atom. The molecule has 1 aromatic heterocycles. The summed E-state index contributed by atoms with van der Waals surface area (Å²) in [5.74, 6) is 1.98. The van der Waals surface area contributed by atoms with Gasteiger partial charge in [-0.2, -0.15) is 0 Å². The van der Waals surface area contributed by atoms with Crippen LogP contribution in [0.25, 0.3) is 12.2 Å². The highest BCUT2D eigenvalue weighted by molar-refractivity contribution is 7.24. The lowest BCUT2D eigenvalue weighted by Gasteiger charge is -1.94. The van der Waals surface area contributed by atoms with Crippen LogP contribution in [0.4, 0.5) is 0 Å². The lowest BCUT2D eigenvalue weighted by Crippen LogP contribution is -1.79. The van der Waals surface area contributed by atoms with E-state index in [1.54, 1.807) is 12.2 Å². The first-order chi connectivity index (χ1) is 4.88. The molecule has 50 valence electrons. The van der Waals surface area contributed by atoms with Crippen molar-refractivity contribution in [3.05, 3.63) is 36.3 Å².